The number of carbonyl (C=O) groups excluding carboxylic acids is 1. The first kappa shape index (κ1) is 16.0. The molecular weight excluding hydrogens is 323 g/mol. The number of aromatic nitrogens is 4. The Balaban J connectivity index is 1.55. The molecule has 4 rings (SSSR count). The van der Waals surface area contributed by atoms with E-state index in [2.05, 4.69) is 25.3 Å². The second-order valence-electron chi connectivity index (χ2n) is 6.83. The maximum atomic E-state index is 13.0. The summed E-state index contributed by atoms with van der Waals surface area (Å²) >= 11 is 0. The average Bonchev–Trinajstić information content (AvgIpc) is 3.35. The lowest BCUT2D eigenvalue weighted by Gasteiger charge is -2.41. The number of likely N-dealkylation sites (tertiary alicyclic amines) is 1. The summed E-state index contributed by atoms with van der Waals surface area (Å²) in [5, 5.41) is 7.47. The van der Waals surface area contributed by atoms with Gasteiger partial charge in [-0.05, 0) is 19.3 Å². The number of halogens is 1. The molecule has 0 unspecified atom stereocenters. The molecule has 0 aromatic carbocycles. The van der Waals surface area contributed by atoms with Gasteiger partial charge in [0, 0.05) is 43.7 Å². The highest BCUT2D eigenvalue weighted by atomic mass is 19.1. The number of carbonyl (C=O) groups is 1. The van der Waals surface area contributed by atoms with Crippen molar-refractivity contribution in [3.63, 3.8) is 0 Å². The predicted molar refractivity (Wildman–Crippen MR) is 89.0 cm³/mol. The summed E-state index contributed by atoms with van der Waals surface area (Å²) < 4.78 is 14.7. The van der Waals surface area contributed by atoms with Crippen molar-refractivity contribution in [1.82, 2.24) is 24.6 Å². The second kappa shape index (κ2) is 6.42. The highest BCUT2D eigenvalue weighted by Gasteiger charge is 2.44. The van der Waals surface area contributed by atoms with Crippen LogP contribution < -0.4 is 5.32 Å². The van der Waals surface area contributed by atoms with Gasteiger partial charge in [0.25, 0.3) is 0 Å². The van der Waals surface area contributed by atoms with Crippen LogP contribution in [-0.4, -0.2) is 43.1 Å². The van der Waals surface area contributed by atoms with E-state index in [1.54, 1.807) is 4.68 Å². The number of hydrogen-bond donors (Lipinski definition) is 1. The van der Waals surface area contributed by atoms with Crippen LogP contribution in [0.5, 0.6) is 0 Å². The molecule has 132 valence electrons. The lowest BCUT2D eigenvalue weighted by atomic mass is 9.85. The number of rotatable bonds is 5. The van der Waals surface area contributed by atoms with E-state index in [1.807, 2.05) is 19.4 Å². The molecule has 7 nitrogen and oxygen atoms in total. The molecule has 2 fully saturated rings. The summed E-state index contributed by atoms with van der Waals surface area (Å²) in [6.07, 6.45) is 9.64. The fourth-order valence-electron chi connectivity index (χ4n) is 3.63. The maximum absolute atomic E-state index is 13.0. The van der Waals surface area contributed by atoms with Gasteiger partial charge in [-0.15, -0.1) is 0 Å². The summed E-state index contributed by atoms with van der Waals surface area (Å²) in [4.78, 5) is 22.5. The zero-order chi connectivity index (χ0) is 17.4. The van der Waals surface area contributed by atoms with E-state index in [0.717, 1.165) is 37.2 Å². The molecule has 1 saturated heterocycles. The smallest absolute Gasteiger partial charge is 0.223 e. The first-order chi connectivity index (χ1) is 12.1. The van der Waals surface area contributed by atoms with Crippen molar-refractivity contribution in [3.8, 4) is 0 Å². The lowest BCUT2D eigenvalue weighted by Crippen LogP contribution is -2.46. The molecule has 0 bridgehead atoms. The van der Waals surface area contributed by atoms with E-state index in [9.17, 15) is 9.18 Å². The van der Waals surface area contributed by atoms with E-state index in [0.29, 0.717) is 25.0 Å². The van der Waals surface area contributed by atoms with Crippen molar-refractivity contribution in [2.75, 3.05) is 11.9 Å². The van der Waals surface area contributed by atoms with Crippen molar-refractivity contribution < 1.29 is 9.18 Å². The highest BCUT2D eigenvalue weighted by Crippen LogP contribution is 2.43. The SMILES string of the molecule is Cn1cc([C@@H]2[C@@H](CNc3ncc(F)cn3)CCC(=O)N2C2CC2)cn1. The third-order valence-corrected chi connectivity index (χ3v) is 4.91. The summed E-state index contributed by atoms with van der Waals surface area (Å²) in [6, 6.07) is 0.359. The van der Waals surface area contributed by atoms with Crippen molar-refractivity contribution in [2.24, 2.45) is 13.0 Å². The van der Waals surface area contributed by atoms with Crippen LogP contribution in [0.15, 0.2) is 24.8 Å². The van der Waals surface area contributed by atoms with E-state index >= 15 is 0 Å². The fraction of sp³-hybridized carbons (Fsp3) is 0.529. The molecule has 1 N–H and O–H groups in total. The molecule has 2 aliphatic rings. The molecule has 2 atom stereocenters. The van der Waals surface area contributed by atoms with Gasteiger partial charge in [0.1, 0.15) is 0 Å². The number of piperidine rings is 1. The van der Waals surface area contributed by atoms with Gasteiger partial charge in [-0.2, -0.15) is 5.10 Å². The number of hydrogen-bond acceptors (Lipinski definition) is 5. The Hall–Kier alpha value is -2.51. The van der Waals surface area contributed by atoms with Gasteiger partial charge in [0.15, 0.2) is 5.82 Å². The van der Waals surface area contributed by atoms with E-state index in [4.69, 9.17) is 0 Å². The molecule has 1 aliphatic heterocycles. The van der Waals surface area contributed by atoms with Crippen LogP contribution in [-0.2, 0) is 11.8 Å². The summed E-state index contributed by atoms with van der Waals surface area (Å²) in [5.41, 5.74) is 1.06. The van der Waals surface area contributed by atoms with Gasteiger partial charge >= 0.3 is 0 Å². The quantitative estimate of drug-likeness (QED) is 0.897. The monoisotopic (exact) mass is 344 g/mol. The van der Waals surface area contributed by atoms with Crippen LogP contribution in [0.25, 0.3) is 0 Å². The second-order valence-corrected chi connectivity index (χ2v) is 6.83. The minimum absolute atomic E-state index is 0.00963. The van der Waals surface area contributed by atoms with Crippen molar-refractivity contribution >= 4 is 11.9 Å². The number of anilines is 1. The lowest BCUT2D eigenvalue weighted by molar-refractivity contribution is -0.139. The van der Waals surface area contributed by atoms with Crippen LogP contribution in [0.4, 0.5) is 10.3 Å². The third-order valence-electron chi connectivity index (χ3n) is 4.91. The molecule has 1 amide bonds. The van der Waals surface area contributed by atoms with Gasteiger partial charge in [-0.1, -0.05) is 0 Å². The summed E-state index contributed by atoms with van der Waals surface area (Å²) in [5.74, 6) is 0.407. The predicted octanol–water partition coefficient (Wildman–Crippen LogP) is 1.90. The maximum Gasteiger partial charge on any atom is 0.223 e. The van der Waals surface area contributed by atoms with Gasteiger partial charge in [0.05, 0.1) is 24.6 Å². The molecular formula is C17H21FN6O. The molecule has 8 heteroatoms. The van der Waals surface area contributed by atoms with E-state index < -0.39 is 5.82 Å². The molecule has 0 spiro atoms. The van der Waals surface area contributed by atoms with E-state index in [1.165, 1.54) is 0 Å². The zero-order valence-electron chi connectivity index (χ0n) is 14.1. The molecule has 0 radical (unpaired) electrons. The molecule has 3 heterocycles. The average molecular weight is 344 g/mol. The third kappa shape index (κ3) is 3.33. The Kier molecular flexibility index (Phi) is 4.10. The first-order valence-electron chi connectivity index (χ1n) is 8.63. The molecule has 1 aliphatic carbocycles. The van der Waals surface area contributed by atoms with Crippen molar-refractivity contribution in [1.29, 1.82) is 0 Å². The number of amides is 1. The Labute approximate surface area is 145 Å². The summed E-state index contributed by atoms with van der Waals surface area (Å²) in [6.45, 7) is 0.627. The van der Waals surface area contributed by atoms with Crippen molar-refractivity contribution in [2.45, 2.75) is 37.8 Å². The Morgan fingerprint density at radius 1 is 1.24 bits per heavy atom. The van der Waals surface area contributed by atoms with Gasteiger partial charge < -0.3 is 10.2 Å². The van der Waals surface area contributed by atoms with Crippen LogP contribution in [0.1, 0.15) is 37.3 Å². The van der Waals surface area contributed by atoms with Gasteiger partial charge in [0.2, 0.25) is 11.9 Å². The Bertz CT molecular complexity index is 757. The Morgan fingerprint density at radius 2 is 2.00 bits per heavy atom. The number of nitrogens with zero attached hydrogens (tertiary/aromatic N) is 5. The Morgan fingerprint density at radius 3 is 2.64 bits per heavy atom. The molecule has 2 aromatic rings. The van der Waals surface area contributed by atoms with Gasteiger partial charge in [-0.3, -0.25) is 9.48 Å². The fourth-order valence-corrected chi connectivity index (χ4v) is 3.63. The normalized spacial score (nSPS) is 23.8. The number of aryl methyl sites for hydroxylation is 1. The largest absolute Gasteiger partial charge is 0.354 e. The topological polar surface area (TPSA) is 75.9 Å². The van der Waals surface area contributed by atoms with Crippen LogP contribution in [0.3, 0.4) is 0 Å². The van der Waals surface area contributed by atoms with Gasteiger partial charge in [-0.25, -0.2) is 14.4 Å². The minimum atomic E-state index is -0.457. The molecule has 2 aromatic heterocycles. The highest BCUT2D eigenvalue weighted by molar-refractivity contribution is 5.78. The van der Waals surface area contributed by atoms with Crippen LogP contribution in [0, 0.1) is 11.7 Å². The van der Waals surface area contributed by atoms with Crippen molar-refractivity contribution in [3.05, 3.63) is 36.2 Å². The number of nitrogens with one attached hydrogen (secondary N) is 1. The van der Waals surface area contributed by atoms with E-state index in [-0.39, 0.29) is 17.9 Å². The molecule has 25 heavy (non-hydrogen) atoms. The standard InChI is InChI=1S/C17H21FN6O/c1-23-10-12(7-22-23)16-11(2-5-15(25)24(16)14-3-4-14)6-19-17-20-8-13(18)9-21-17/h7-11,14,16H,2-6H2,1H3,(H,19,20,21)/t11-,16+/m1/s1. The zero-order valence-corrected chi connectivity index (χ0v) is 14.1. The molecule has 1 saturated carbocycles. The van der Waals surface area contributed by atoms with Crippen LogP contribution >= 0.6 is 0 Å². The van der Waals surface area contributed by atoms with Crippen LogP contribution in [0.2, 0.25) is 0 Å². The first-order valence-corrected chi connectivity index (χ1v) is 8.63. The minimum Gasteiger partial charge on any atom is -0.354 e. The summed E-state index contributed by atoms with van der Waals surface area (Å²) in [7, 11) is 1.88.